The van der Waals surface area contributed by atoms with Crippen molar-refractivity contribution in [3.63, 3.8) is 0 Å². The van der Waals surface area contributed by atoms with E-state index in [1.807, 2.05) is 41.9 Å². The van der Waals surface area contributed by atoms with Gasteiger partial charge >= 0.3 is 0 Å². The number of nitrogens with one attached hydrogen (secondary N) is 1. The number of carbonyl (C=O) groups is 1. The lowest BCUT2D eigenvalue weighted by atomic mass is 10.2. The Hall–Kier alpha value is -2.72. The molecule has 0 atom stereocenters. The van der Waals surface area contributed by atoms with Crippen molar-refractivity contribution in [1.82, 2.24) is 25.0 Å². The molecule has 0 aliphatic rings. The van der Waals surface area contributed by atoms with Crippen LogP contribution in [0.1, 0.15) is 18.4 Å². The highest BCUT2D eigenvalue weighted by atomic mass is 32.2. The van der Waals surface area contributed by atoms with Crippen molar-refractivity contribution < 1.29 is 9.21 Å². The van der Waals surface area contributed by atoms with E-state index in [9.17, 15) is 4.79 Å². The van der Waals surface area contributed by atoms with E-state index >= 15 is 0 Å². The number of amides is 1. The fraction of sp³-hybridized carbons (Fsp3) is 0.278. The molecule has 0 saturated heterocycles. The van der Waals surface area contributed by atoms with Gasteiger partial charge in [-0.25, -0.2) is 0 Å². The summed E-state index contributed by atoms with van der Waals surface area (Å²) in [5.74, 6) is 1.31. The van der Waals surface area contributed by atoms with Gasteiger partial charge in [0.25, 0.3) is 0 Å². The van der Waals surface area contributed by atoms with E-state index < -0.39 is 0 Å². The van der Waals surface area contributed by atoms with Crippen LogP contribution < -0.4 is 5.32 Å². The van der Waals surface area contributed by atoms with E-state index in [1.54, 1.807) is 0 Å². The van der Waals surface area contributed by atoms with Crippen LogP contribution in [-0.2, 0) is 18.3 Å². The quantitative estimate of drug-likeness (QED) is 0.460. The highest BCUT2D eigenvalue weighted by Gasteiger charge is 2.17. The maximum absolute atomic E-state index is 12.2. The van der Waals surface area contributed by atoms with Crippen LogP contribution in [0.25, 0.3) is 22.6 Å². The zero-order valence-corrected chi connectivity index (χ0v) is 17.0. The molecule has 1 N–H and O–H groups in total. The molecule has 8 nitrogen and oxygen atoms in total. The largest absolute Gasteiger partial charge is 0.453 e. The molecule has 0 fully saturated rings. The summed E-state index contributed by atoms with van der Waals surface area (Å²) in [5, 5.41) is 22.3. The third-order valence-corrected chi connectivity index (χ3v) is 5.91. The number of hydrogen-bond donors (Lipinski definition) is 1. The summed E-state index contributed by atoms with van der Waals surface area (Å²) in [4.78, 5) is 12.2. The average Bonchev–Trinajstić information content (AvgIpc) is 3.39. The first-order valence-corrected chi connectivity index (χ1v) is 10.6. The summed E-state index contributed by atoms with van der Waals surface area (Å²) in [6, 6.07) is 9.72. The number of para-hydroxylation sites is 1. The first-order valence-electron chi connectivity index (χ1n) is 8.77. The number of aryl methyl sites for hydroxylation is 1. The molecule has 28 heavy (non-hydrogen) atoms. The van der Waals surface area contributed by atoms with Gasteiger partial charge in [0.1, 0.15) is 10.6 Å². The molecule has 0 bridgehead atoms. The number of carbonyl (C=O) groups excluding carboxylic acids is 1. The first kappa shape index (κ1) is 18.6. The van der Waals surface area contributed by atoms with Crippen LogP contribution in [0.3, 0.4) is 0 Å². The monoisotopic (exact) mass is 414 g/mol. The van der Waals surface area contributed by atoms with E-state index in [0.29, 0.717) is 21.9 Å². The molecule has 3 heterocycles. The molecule has 4 rings (SSSR count). The van der Waals surface area contributed by atoms with Crippen LogP contribution in [0.5, 0.6) is 0 Å². The number of benzene rings is 1. The number of anilines is 1. The lowest BCUT2D eigenvalue weighted by molar-refractivity contribution is -0.113. The zero-order chi connectivity index (χ0) is 19.5. The number of aromatic nitrogens is 5. The second-order valence-electron chi connectivity index (χ2n) is 6.10. The van der Waals surface area contributed by atoms with Crippen molar-refractivity contribution in [2.24, 2.45) is 7.05 Å². The van der Waals surface area contributed by atoms with Gasteiger partial charge < -0.3 is 8.98 Å². The van der Waals surface area contributed by atoms with Gasteiger partial charge in [-0.05, 0) is 18.6 Å². The predicted octanol–water partition coefficient (Wildman–Crippen LogP) is 3.76. The summed E-state index contributed by atoms with van der Waals surface area (Å²) in [6.07, 6.45) is 1.87. The number of rotatable bonds is 7. The Balaban J connectivity index is 1.40. The van der Waals surface area contributed by atoms with Gasteiger partial charge in [-0.1, -0.05) is 48.2 Å². The summed E-state index contributed by atoms with van der Waals surface area (Å²) < 4.78 is 7.67. The molecule has 0 radical (unpaired) electrons. The molecule has 10 heteroatoms. The molecular weight excluding hydrogens is 396 g/mol. The van der Waals surface area contributed by atoms with Gasteiger partial charge in [0.15, 0.2) is 16.7 Å². The summed E-state index contributed by atoms with van der Waals surface area (Å²) in [5.41, 5.74) is 0.800. The van der Waals surface area contributed by atoms with E-state index in [-0.39, 0.29) is 11.7 Å². The Labute approximate surface area is 169 Å². The second kappa shape index (κ2) is 8.11. The highest BCUT2D eigenvalue weighted by molar-refractivity contribution is 7.99. The van der Waals surface area contributed by atoms with Crippen molar-refractivity contribution in [3.8, 4) is 11.6 Å². The first-order chi connectivity index (χ1) is 13.6. The van der Waals surface area contributed by atoms with Crippen LogP contribution in [0.4, 0.5) is 5.13 Å². The third kappa shape index (κ3) is 3.92. The molecule has 0 spiro atoms. The Morgan fingerprint density at radius 3 is 2.93 bits per heavy atom. The van der Waals surface area contributed by atoms with Crippen molar-refractivity contribution in [3.05, 3.63) is 35.3 Å². The van der Waals surface area contributed by atoms with Gasteiger partial charge in [-0.2, -0.15) is 0 Å². The molecular formula is C18H18N6O2S2. The van der Waals surface area contributed by atoms with Gasteiger partial charge in [-0.3, -0.25) is 10.1 Å². The van der Waals surface area contributed by atoms with Crippen LogP contribution in [-0.4, -0.2) is 36.6 Å². The summed E-state index contributed by atoms with van der Waals surface area (Å²) in [7, 11) is 1.85. The number of furan rings is 1. The number of fused-ring (bicyclic) bond motifs is 1. The molecule has 4 aromatic rings. The van der Waals surface area contributed by atoms with Crippen LogP contribution in [0.2, 0.25) is 0 Å². The van der Waals surface area contributed by atoms with Crippen LogP contribution in [0.15, 0.2) is 39.9 Å². The van der Waals surface area contributed by atoms with E-state index in [1.165, 1.54) is 23.1 Å². The topological polar surface area (TPSA) is 98.7 Å². The number of thioether (sulfide) groups is 1. The van der Waals surface area contributed by atoms with E-state index in [4.69, 9.17) is 4.42 Å². The van der Waals surface area contributed by atoms with Crippen molar-refractivity contribution in [2.45, 2.75) is 24.9 Å². The molecule has 0 saturated carbocycles. The number of nitrogens with zero attached hydrogens (tertiary/aromatic N) is 5. The Kier molecular flexibility index (Phi) is 5.40. The minimum atomic E-state index is -0.155. The minimum absolute atomic E-state index is 0.155. The van der Waals surface area contributed by atoms with Crippen LogP contribution >= 0.6 is 23.1 Å². The molecule has 0 aliphatic heterocycles. The van der Waals surface area contributed by atoms with E-state index in [0.717, 1.165) is 28.8 Å². The maximum Gasteiger partial charge on any atom is 0.236 e. The lowest BCUT2D eigenvalue weighted by Crippen LogP contribution is -2.14. The van der Waals surface area contributed by atoms with Gasteiger partial charge in [0.05, 0.1) is 5.75 Å². The van der Waals surface area contributed by atoms with Crippen molar-refractivity contribution >= 4 is 45.1 Å². The third-order valence-electron chi connectivity index (χ3n) is 3.99. The van der Waals surface area contributed by atoms with Crippen molar-refractivity contribution in [1.29, 1.82) is 0 Å². The van der Waals surface area contributed by atoms with Crippen molar-refractivity contribution in [2.75, 3.05) is 11.1 Å². The SMILES string of the molecule is CCCc1nnc(NC(=O)CSc2nnc(-c3cc4ccccc4o3)n2C)s1. The summed E-state index contributed by atoms with van der Waals surface area (Å²) in [6.45, 7) is 2.08. The normalized spacial score (nSPS) is 11.2. The van der Waals surface area contributed by atoms with Crippen LogP contribution in [0, 0.1) is 0 Å². The fourth-order valence-electron chi connectivity index (χ4n) is 2.65. The summed E-state index contributed by atoms with van der Waals surface area (Å²) >= 11 is 2.71. The smallest absolute Gasteiger partial charge is 0.236 e. The average molecular weight is 415 g/mol. The van der Waals surface area contributed by atoms with Gasteiger partial charge in [0.2, 0.25) is 11.0 Å². The second-order valence-corrected chi connectivity index (χ2v) is 8.11. The maximum atomic E-state index is 12.2. The zero-order valence-electron chi connectivity index (χ0n) is 15.4. The van der Waals surface area contributed by atoms with E-state index in [2.05, 4.69) is 32.6 Å². The molecule has 144 valence electrons. The lowest BCUT2D eigenvalue weighted by Gasteiger charge is -2.02. The molecule has 3 aromatic heterocycles. The fourth-order valence-corrected chi connectivity index (χ4v) is 4.22. The Morgan fingerprint density at radius 1 is 1.25 bits per heavy atom. The van der Waals surface area contributed by atoms with Gasteiger partial charge in [0, 0.05) is 18.9 Å². The Bertz CT molecular complexity index is 1080. The Morgan fingerprint density at radius 2 is 2.11 bits per heavy atom. The highest BCUT2D eigenvalue weighted by Crippen LogP contribution is 2.28. The molecule has 0 aliphatic carbocycles. The van der Waals surface area contributed by atoms with Gasteiger partial charge in [-0.15, -0.1) is 20.4 Å². The standard InChI is InChI=1S/C18H18N6O2S2/c1-3-6-15-20-22-17(28-15)19-14(25)10-27-18-23-21-16(24(18)2)13-9-11-7-4-5-8-12(11)26-13/h4-5,7-9H,3,6,10H2,1-2H3,(H,19,22,25). The predicted molar refractivity (Wildman–Crippen MR) is 109 cm³/mol. The molecule has 1 aromatic carbocycles. The number of hydrogen-bond acceptors (Lipinski definition) is 8. The minimum Gasteiger partial charge on any atom is -0.453 e. The molecule has 1 amide bonds. The molecule has 0 unspecified atom stereocenters.